The Bertz CT molecular complexity index is 468. The number of halogens is 2. The summed E-state index contributed by atoms with van der Waals surface area (Å²) in [7, 11) is 0. The van der Waals surface area contributed by atoms with E-state index in [1.165, 1.54) is 0 Å². The zero-order valence-corrected chi connectivity index (χ0v) is 12.1. The summed E-state index contributed by atoms with van der Waals surface area (Å²) in [6.45, 7) is 0. The maximum absolute atomic E-state index is 10.1. The maximum atomic E-state index is 10.1. The van der Waals surface area contributed by atoms with Crippen molar-refractivity contribution in [2.75, 3.05) is 0 Å². The number of hydrogen-bond donors (Lipinski definition) is 1. The van der Waals surface area contributed by atoms with Gasteiger partial charge in [-0.1, -0.05) is 15.9 Å². The van der Waals surface area contributed by atoms with Gasteiger partial charge in [0.1, 0.15) is 0 Å². The van der Waals surface area contributed by atoms with Gasteiger partial charge in [0.25, 0.3) is 0 Å². The summed E-state index contributed by atoms with van der Waals surface area (Å²) in [6, 6.07) is 7.80. The molecule has 1 atom stereocenters. The molecular weight excluding hydrogens is 383 g/mol. The van der Waals surface area contributed by atoms with Crippen molar-refractivity contribution < 1.29 is 9.52 Å². The smallest absolute Gasteiger partial charge is 0.0935 e. The fourth-order valence-corrected chi connectivity index (χ4v) is 2.54. The van der Waals surface area contributed by atoms with Crippen LogP contribution in [-0.2, 0) is 6.42 Å². The van der Waals surface area contributed by atoms with Crippen LogP contribution in [0.25, 0.3) is 0 Å². The average molecular weight is 393 g/mol. The molecule has 2 nitrogen and oxygen atoms in total. The Labute approximate surface area is 116 Å². The first kappa shape index (κ1) is 12.1. The van der Waals surface area contributed by atoms with E-state index in [1.807, 2.05) is 24.3 Å². The monoisotopic (exact) mass is 392 g/mol. The van der Waals surface area contributed by atoms with Crippen LogP contribution in [-0.4, -0.2) is 5.11 Å². The number of furan rings is 1. The Morgan fingerprint density at radius 2 is 2.19 bits per heavy atom. The highest BCUT2D eigenvalue weighted by Crippen LogP contribution is 2.27. The molecule has 84 valence electrons. The lowest BCUT2D eigenvalue weighted by molar-refractivity contribution is 0.177. The third kappa shape index (κ3) is 2.87. The van der Waals surface area contributed by atoms with Crippen LogP contribution in [0.15, 0.2) is 45.7 Å². The van der Waals surface area contributed by atoms with Gasteiger partial charge in [-0.05, 0) is 58.0 Å². The molecule has 1 N–H and O–H groups in total. The highest BCUT2D eigenvalue weighted by molar-refractivity contribution is 14.1. The molecule has 1 aromatic heterocycles. The van der Waals surface area contributed by atoms with E-state index in [9.17, 15) is 5.11 Å². The second kappa shape index (κ2) is 5.33. The van der Waals surface area contributed by atoms with Crippen molar-refractivity contribution in [3.63, 3.8) is 0 Å². The van der Waals surface area contributed by atoms with E-state index >= 15 is 0 Å². The van der Waals surface area contributed by atoms with Gasteiger partial charge in [-0.15, -0.1) is 0 Å². The number of aliphatic hydroxyl groups excluding tert-OH is 1. The minimum absolute atomic E-state index is 0.512. The van der Waals surface area contributed by atoms with E-state index in [0.29, 0.717) is 6.42 Å². The first-order valence-electron chi connectivity index (χ1n) is 4.81. The summed E-state index contributed by atoms with van der Waals surface area (Å²) in [4.78, 5) is 0. The van der Waals surface area contributed by atoms with Gasteiger partial charge in [0.15, 0.2) is 0 Å². The van der Waals surface area contributed by atoms with E-state index in [2.05, 4.69) is 38.5 Å². The van der Waals surface area contributed by atoms with Crippen molar-refractivity contribution >= 4 is 38.5 Å². The van der Waals surface area contributed by atoms with E-state index < -0.39 is 6.10 Å². The molecule has 16 heavy (non-hydrogen) atoms. The molecule has 1 aromatic carbocycles. The standard InChI is InChI=1S/C12H10BrIO2/c13-11-2-1-9(14)6-10(11)12(15)5-8-3-4-16-7-8/h1-4,6-7,12,15H,5H2. The summed E-state index contributed by atoms with van der Waals surface area (Å²) >= 11 is 5.68. The van der Waals surface area contributed by atoms with Crippen molar-refractivity contribution in [1.29, 1.82) is 0 Å². The van der Waals surface area contributed by atoms with Crippen LogP contribution in [0.3, 0.4) is 0 Å². The van der Waals surface area contributed by atoms with Crippen LogP contribution in [0.2, 0.25) is 0 Å². The quantitative estimate of drug-likeness (QED) is 0.803. The zero-order chi connectivity index (χ0) is 11.5. The molecule has 0 bridgehead atoms. The second-order valence-corrected chi connectivity index (χ2v) is 5.62. The predicted octanol–water partition coefficient (Wildman–Crippen LogP) is 3.92. The SMILES string of the molecule is OC(Cc1ccoc1)c1cc(I)ccc1Br. The lowest BCUT2D eigenvalue weighted by Crippen LogP contribution is -2.02. The van der Waals surface area contributed by atoms with Crippen molar-refractivity contribution in [2.24, 2.45) is 0 Å². The Morgan fingerprint density at radius 3 is 2.88 bits per heavy atom. The third-order valence-corrected chi connectivity index (χ3v) is 3.72. The first-order valence-corrected chi connectivity index (χ1v) is 6.68. The van der Waals surface area contributed by atoms with E-state index in [4.69, 9.17) is 4.42 Å². The van der Waals surface area contributed by atoms with E-state index in [1.54, 1.807) is 12.5 Å². The van der Waals surface area contributed by atoms with Gasteiger partial charge in [-0.3, -0.25) is 0 Å². The molecule has 0 aliphatic rings. The summed E-state index contributed by atoms with van der Waals surface area (Å²) in [5.74, 6) is 0. The minimum atomic E-state index is -0.512. The summed E-state index contributed by atoms with van der Waals surface area (Å²) < 4.78 is 7.03. The molecule has 0 saturated carbocycles. The summed E-state index contributed by atoms with van der Waals surface area (Å²) in [5, 5.41) is 10.1. The Hall–Kier alpha value is -0.330. The van der Waals surface area contributed by atoms with E-state index in [-0.39, 0.29) is 0 Å². The van der Waals surface area contributed by atoms with Crippen molar-refractivity contribution in [1.82, 2.24) is 0 Å². The Morgan fingerprint density at radius 1 is 1.38 bits per heavy atom. The number of aliphatic hydroxyl groups is 1. The topological polar surface area (TPSA) is 33.4 Å². The van der Waals surface area contributed by atoms with Crippen molar-refractivity contribution in [3.05, 3.63) is 56.0 Å². The number of rotatable bonds is 3. The van der Waals surface area contributed by atoms with Gasteiger partial charge < -0.3 is 9.52 Å². The van der Waals surface area contributed by atoms with Crippen LogP contribution in [0.1, 0.15) is 17.2 Å². The van der Waals surface area contributed by atoms with Crippen LogP contribution >= 0.6 is 38.5 Å². The first-order chi connectivity index (χ1) is 7.66. The average Bonchev–Trinajstić information content (AvgIpc) is 2.74. The maximum Gasteiger partial charge on any atom is 0.0935 e. The molecule has 2 rings (SSSR count). The molecule has 0 aliphatic carbocycles. The van der Waals surface area contributed by atoms with Gasteiger partial charge >= 0.3 is 0 Å². The second-order valence-electron chi connectivity index (χ2n) is 3.52. The highest BCUT2D eigenvalue weighted by atomic mass is 127. The lowest BCUT2D eigenvalue weighted by atomic mass is 10.0. The van der Waals surface area contributed by atoms with Crippen LogP contribution in [0.5, 0.6) is 0 Å². The molecule has 0 aliphatic heterocycles. The molecule has 0 radical (unpaired) electrons. The molecule has 0 amide bonds. The fraction of sp³-hybridized carbons (Fsp3) is 0.167. The van der Waals surface area contributed by atoms with Gasteiger partial charge in [0.05, 0.1) is 18.6 Å². The summed E-state index contributed by atoms with van der Waals surface area (Å²) in [6.07, 6.45) is 3.33. The molecule has 0 saturated heterocycles. The zero-order valence-electron chi connectivity index (χ0n) is 8.36. The van der Waals surface area contributed by atoms with Crippen molar-refractivity contribution in [2.45, 2.75) is 12.5 Å². The van der Waals surface area contributed by atoms with Crippen LogP contribution in [0.4, 0.5) is 0 Å². The van der Waals surface area contributed by atoms with E-state index in [0.717, 1.165) is 19.2 Å². The lowest BCUT2D eigenvalue weighted by Gasteiger charge is -2.12. The Balaban J connectivity index is 2.20. The predicted molar refractivity (Wildman–Crippen MR) is 74.2 cm³/mol. The summed E-state index contributed by atoms with van der Waals surface area (Å²) in [5.41, 5.74) is 1.91. The Kier molecular flexibility index (Phi) is 4.05. The van der Waals surface area contributed by atoms with Gasteiger partial charge in [0, 0.05) is 14.5 Å². The minimum Gasteiger partial charge on any atom is -0.472 e. The van der Waals surface area contributed by atoms with Crippen LogP contribution < -0.4 is 0 Å². The molecule has 2 aromatic rings. The van der Waals surface area contributed by atoms with Gasteiger partial charge in [-0.2, -0.15) is 0 Å². The normalized spacial score (nSPS) is 12.7. The fourth-order valence-electron chi connectivity index (χ4n) is 1.51. The van der Waals surface area contributed by atoms with Gasteiger partial charge in [-0.25, -0.2) is 0 Å². The molecule has 1 heterocycles. The van der Waals surface area contributed by atoms with Crippen molar-refractivity contribution in [3.8, 4) is 0 Å². The molecule has 1 unspecified atom stereocenters. The van der Waals surface area contributed by atoms with Crippen LogP contribution in [0, 0.1) is 3.57 Å². The molecular formula is C12H10BrIO2. The largest absolute Gasteiger partial charge is 0.472 e. The van der Waals surface area contributed by atoms with Gasteiger partial charge in [0.2, 0.25) is 0 Å². The highest BCUT2D eigenvalue weighted by Gasteiger charge is 2.13. The third-order valence-electron chi connectivity index (χ3n) is 2.33. The number of benzene rings is 1. The molecule has 0 spiro atoms. The molecule has 0 fully saturated rings. The molecule has 4 heteroatoms. The number of hydrogen-bond acceptors (Lipinski definition) is 2.